The maximum absolute atomic E-state index is 12.5. The molecular formula is C16H18N4O4S2. The fourth-order valence-electron chi connectivity index (χ4n) is 2.50. The van der Waals surface area contributed by atoms with Gasteiger partial charge in [-0.2, -0.15) is 10.1 Å². The summed E-state index contributed by atoms with van der Waals surface area (Å²) in [5, 5.41) is 3.98. The van der Waals surface area contributed by atoms with Gasteiger partial charge in [-0.25, -0.2) is 8.42 Å². The van der Waals surface area contributed by atoms with Gasteiger partial charge >= 0.3 is 0 Å². The zero-order valence-electron chi connectivity index (χ0n) is 14.5. The molecule has 0 saturated carbocycles. The van der Waals surface area contributed by atoms with Crippen LogP contribution in [-0.2, 0) is 28.2 Å². The van der Waals surface area contributed by atoms with E-state index in [9.17, 15) is 13.2 Å². The topological polar surface area (TPSA) is 95.6 Å². The number of rotatable bonds is 5. The maximum atomic E-state index is 12.5. The number of methoxy groups -OCH3 is 1. The van der Waals surface area contributed by atoms with Gasteiger partial charge in [-0.15, -0.1) is 0 Å². The van der Waals surface area contributed by atoms with Gasteiger partial charge in [-0.3, -0.25) is 9.48 Å². The molecule has 0 atom stereocenters. The van der Waals surface area contributed by atoms with Gasteiger partial charge in [0.05, 0.1) is 21.7 Å². The van der Waals surface area contributed by atoms with Crippen LogP contribution in [0.15, 0.2) is 40.4 Å². The lowest BCUT2D eigenvalue weighted by molar-refractivity contribution is 0.0988. The molecule has 2 aromatic heterocycles. The van der Waals surface area contributed by atoms with Crippen molar-refractivity contribution in [3.05, 3.63) is 41.0 Å². The van der Waals surface area contributed by atoms with Crippen molar-refractivity contribution in [3.8, 4) is 0 Å². The van der Waals surface area contributed by atoms with Gasteiger partial charge < -0.3 is 9.30 Å². The van der Waals surface area contributed by atoms with Crippen LogP contribution in [0.5, 0.6) is 0 Å². The van der Waals surface area contributed by atoms with Crippen molar-refractivity contribution in [2.45, 2.75) is 11.4 Å². The molecular weight excluding hydrogens is 376 g/mol. The highest BCUT2D eigenvalue weighted by atomic mass is 32.2. The van der Waals surface area contributed by atoms with Gasteiger partial charge in [-0.1, -0.05) is 11.3 Å². The number of aromatic nitrogens is 3. The number of nitrogens with zero attached hydrogens (tertiary/aromatic N) is 4. The minimum atomic E-state index is -3.32. The molecule has 0 aliphatic carbocycles. The van der Waals surface area contributed by atoms with Crippen molar-refractivity contribution in [3.63, 3.8) is 0 Å². The minimum absolute atomic E-state index is 0.231. The second kappa shape index (κ2) is 7.14. The van der Waals surface area contributed by atoms with Crippen molar-refractivity contribution < 1.29 is 17.9 Å². The quantitative estimate of drug-likeness (QED) is 0.648. The first-order valence-corrected chi connectivity index (χ1v) is 10.4. The molecule has 0 spiro atoms. The average molecular weight is 394 g/mol. The lowest BCUT2D eigenvalue weighted by Gasteiger charge is -2.05. The van der Waals surface area contributed by atoms with E-state index in [1.807, 2.05) is 4.57 Å². The minimum Gasteiger partial charge on any atom is -0.383 e. The Morgan fingerprint density at radius 2 is 2.12 bits per heavy atom. The molecule has 1 amide bonds. The molecule has 0 radical (unpaired) electrons. The predicted molar refractivity (Wildman–Crippen MR) is 97.9 cm³/mol. The van der Waals surface area contributed by atoms with E-state index in [1.54, 1.807) is 38.4 Å². The number of sulfone groups is 1. The highest BCUT2D eigenvalue weighted by molar-refractivity contribution is 7.90. The summed E-state index contributed by atoms with van der Waals surface area (Å²) in [4.78, 5) is 17.4. The summed E-state index contributed by atoms with van der Waals surface area (Å²) in [6.45, 7) is 0.930. The number of carbonyl (C=O) groups excluding carboxylic acids is 1. The molecule has 0 bridgehead atoms. The number of benzene rings is 1. The molecule has 0 fully saturated rings. The molecule has 0 N–H and O–H groups in total. The smallest absolute Gasteiger partial charge is 0.297 e. The number of carbonyl (C=O) groups is 1. The second-order valence-corrected chi connectivity index (χ2v) is 8.71. The van der Waals surface area contributed by atoms with Crippen LogP contribution in [0.25, 0.3) is 10.2 Å². The molecule has 138 valence electrons. The number of amides is 1. The van der Waals surface area contributed by atoms with E-state index in [2.05, 4.69) is 10.1 Å². The summed E-state index contributed by atoms with van der Waals surface area (Å²) in [5.74, 6) is -0.411. The summed E-state index contributed by atoms with van der Waals surface area (Å²) in [5.41, 5.74) is 1.17. The second-order valence-electron chi connectivity index (χ2n) is 5.69. The number of hydrogen-bond acceptors (Lipinski definition) is 6. The average Bonchev–Trinajstić information content (AvgIpc) is 3.14. The van der Waals surface area contributed by atoms with Crippen molar-refractivity contribution >= 4 is 37.3 Å². The number of hydrogen-bond donors (Lipinski definition) is 0. The lowest BCUT2D eigenvalue weighted by Crippen LogP contribution is -2.20. The molecule has 3 aromatic rings. The fourth-order valence-corrected chi connectivity index (χ4v) is 4.31. The van der Waals surface area contributed by atoms with E-state index in [1.165, 1.54) is 22.2 Å². The lowest BCUT2D eigenvalue weighted by atomic mass is 10.3. The first kappa shape index (κ1) is 18.5. The van der Waals surface area contributed by atoms with Crippen molar-refractivity contribution in [1.29, 1.82) is 0 Å². The van der Waals surface area contributed by atoms with Crippen LogP contribution in [0.2, 0.25) is 0 Å². The molecule has 2 heterocycles. The summed E-state index contributed by atoms with van der Waals surface area (Å²) in [7, 11) is -0.0520. The third-order valence-corrected chi connectivity index (χ3v) is 5.99. The van der Waals surface area contributed by atoms with E-state index in [0.717, 1.165) is 16.5 Å². The standard InChI is InChI=1S/C16H18N4O4S2/c1-19-13(6-7-17-19)15(21)18-16-20(8-9-24-2)12-5-4-11(26(3,22)23)10-14(12)25-16/h4-7,10H,8-9H2,1-3H3. The Bertz CT molecular complexity index is 1140. The Kier molecular flexibility index (Phi) is 5.08. The highest BCUT2D eigenvalue weighted by Gasteiger charge is 2.14. The first-order chi connectivity index (χ1) is 12.3. The molecule has 26 heavy (non-hydrogen) atoms. The molecule has 8 nitrogen and oxygen atoms in total. The van der Waals surface area contributed by atoms with Gasteiger partial charge in [0.15, 0.2) is 14.6 Å². The van der Waals surface area contributed by atoms with E-state index in [-0.39, 0.29) is 4.90 Å². The predicted octanol–water partition coefficient (Wildman–Crippen LogP) is 1.23. The zero-order valence-corrected chi connectivity index (χ0v) is 16.2. The molecule has 0 aliphatic rings. The third-order valence-electron chi connectivity index (χ3n) is 3.84. The summed E-state index contributed by atoms with van der Waals surface area (Å²) < 4.78 is 32.8. The SMILES string of the molecule is COCCn1c(=NC(=O)c2ccnn2C)sc2cc(S(C)(=O)=O)ccc21. The zero-order chi connectivity index (χ0) is 18.9. The van der Waals surface area contributed by atoms with Crippen LogP contribution in [0, 0.1) is 0 Å². The Hall–Kier alpha value is -2.30. The van der Waals surface area contributed by atoms with Crippen molar-refractivity contribution in [2.24, 2.45) is 12.0 Å². The largest absolute Gasteiger partial charge is 0.383 e. The summed E-state index contributed by atoms with van der Waals surface area (Å²) >= 11 is 1.26. The first-order valence-electron chi connectivity index (χ1n) is 7.70. The number of aryl methyl sites for hydroxylation is 1. The highest BCUT2D eigenvalue weighted by Crippen LogP contribution is 2.22. The van der Waals surface area contributed by atoms with Gasteiger partial charge in [0.2, 0.25) is 0 Å². The Balaban J connectivity index is 2.18. The Morgan fingerprint density at radius 3 is 2.73 bits per heavy atom. The Morgan fingerprint density at radius 1 is 1.35 bits per heavy atom. The molecule has 3 rings (SSSR count). The summed E-state index contributed by atoms with van der Waals surface area (Å²) in [6.07, 6.45) is 2.70. The third kappa shape index (κ3) is 3.62. The van der Waals surface area contributed by atoms with Crippen LogP contribution in [-0.4, -0.2) is 48.6 Å². The van der Waals surface area contributed by atoms with Crippen LogP contribution >= 0.6 is 11.3 Å². The van der Waals surface area contributed by atoms with E-state index >= 15 is 0 Å². The molecule has 0 aliphatic heterocycles. The van der Waals surface area contributed by atoms with Crippen molar-refractivity contribution in [1.82, 2.24) is 14.3 Å². The molecule has 1 aromatic carbocycles. The summed E-state index contributed by atoms with van der Waals surface area (Å²) in [6, 6.07) is 6.48. The van der Waals surface area contributed by atoms with E-state index in [0.29, 0.717) is 23.6 Å². The van der Waals surface area contributed by atoms with Gasteiger partial charge in [-0.05, 0) is 24.3 Å². The van der Waals surface area contributed by atoms with Gasteiger partial charge in [0.25, 0.3) is 5.91 Å². The number of thiazole rings is 1. The van der Waals surface area contributed by atoms with Gasteiger partial charge in [0, 0.05) is 33.2 Å². The fraction of sp³-hybridized carbons (Fsp3) is 0.312. The molecule has 0 unspecified atom stereocenters. The monoisotopic (exact) mass is 394 g/mol. The van der Waals surface area contributed by atoms with Crippen LogP contribution < -0.4 is 4.80 Å². The van der Waals surface area contributed by atoms with Crippen LogP contribution in [0.1, 0.15) is 10.5 Å². The number of ether oxygens (including phenoxy) is 1. The Labute approximate surface area is 154 Å². The van der Waals surface area contributed by atoms with E-state index < -0.39 is 15.7 Å². The molecule has 10 heteroatoms. The van der Waals surface area contributed by atoms with Gasteiger partial charge in [0.1, 0.15) is 5.69 Å². The number of fused-ring (bicyclic) bond motifs is 1. The van der Waals surface area contributed by atoms with E-state index in [4.69, 9.17) is 4.74 Å². The normalized spacial score (nSPS) is 12.8. The van der Waals surface area contributed by atoms with Crippen LogP contribution in [0.4, 0.5) is 0 Å². The van der Waals surface area contributed by atoms with Crippen LogP contribution in [0.3, 0.4) is 0 Å². The molecule has 0 saturated heterocycles. The maximum Gasteiger partial charge on any atom is 0.297 e. The van der Waals surface area contributed by atoms with Crippen molar-refractivity contribution in [2.75, 3.05) is 20.0 Å².